The van der Waals surface area contributed by atoms with Gasteiger partial charge in [-0.25, -0.2) is 15.6 Å². The first-order valence-electron chi connectivity index (χ1n) is 3.54. The van der Waals surface area contributed by atoms with E-state index < -0.39 is 6.09 Å². The molecule has 0 radical (unpaired) electrons. The third-order valence-electron chi connectivity index (χ3n) is 1.48. The van der Waals surface area contributed by atoms with Crippen LogP contribution in [-0.2, 0) is 4.74 Å². The van der Waals surface area contributed by atoms with Gasteiger partial charge in [0.05, 0.1) is 17.8 Å². The molecule has 13 heavy (non-hydrogen) atoms. The van der Waals surface area contributed by atoms with Gasteiger partial charge in [0.1, 0.15) is 0 Å². The lowest BCUT2D eigenvalue weighted by atomic mass is 10.3. The van der Waals surface area contributed by atoms with Crippen molar-refractivity contribution < 1.29 is 9.53 Å². The molecule has 0 unspecified atom stereocenters. The Balaban J connectivity index is 2.95. The van der Waals surface area contributed by atoms with Gasteiger partial charge in [-0.1, -0.05) is 23.7 Å². The Bertz CT molecular complexity index is 317. The van der Waals surface area contributed by atoms with Gasteiger partial charge in [-0.2, -0.15) is 0 Å². The molecule has 70 valence electrons. The van der Waals surface area contributed by atoms with Crippen LogP contribution in [0.1, 0.15) is 0 Å². The lowest BCUT2D eigenvalue weighted by molar-refractivity contribution is 0.178. The number of carbonyl (C=O) groups excluding carboxylic acids is 1. The number of amides is 1. The van der Waals surface area contributed by atoms with Gasteiger partial charge in [0, 0.05) is 0 Å². The molecule has 0 fully saturated rings. The molecule has 0 aromatic heterocycles. The Labute approximate surface area is 80.8 Å². The summed E-state index contributed by atoms with van der Waals surface area (Å²) in [6.07, 6.45) is -0.659. The van der Waals surface area contributed by atoms with Crippen LogP contribution in [0.3, 0.4) is 0 Å². The molecule has 0 saturated heterocycles. The maximum atomic E-state index is 11.0. The molecule has 5 heteroatoms. The van der Waals surface area contributed by atoms with E-state index in [2.05, 4.69) is 4.74 Å². The fourth-order valence-corrected chi connectivity index (χ4v) is 1.07. The second kappa shape index (κ2) is 4.11. The molecule has 0 atom stereocenters. The van der Waals surface area contributed by atoms with Gasteiger partial charge in [0.25, 0.3) is 0 Å². The van der Waals surface area contributed by atoms with Crippen LogP contribution < -0.4 is 10.9 Å². The standard InChI is InChI=1S/C8H9ClN2O2/c1-13-8(12)11(10)7-5-3-2-4-6(7)9/h2-5H,10H2,1H3. The summed E-state index contributed by atoms with van der Waals surface area (Å²) in [6.45, 7) is 0. The molecule has 1 rings (SSSR count). The van der Waals surface area contributed by atoms with E-state index in [1.54, 1.807) is 24.3 Å². The van der Waals surface area contributed by atoms with Gasteiger partial charge >= 0.3 is 6.09 Å². The monoisotopic (exact) mass is 200 g/mol. The smallest absolute Gasteiger partial charge is 0.428 e. The molecule has 0 aliphatic rings. The molecule has 0 aliphatic carbocycles. The van der Waals surface area contributed by atoms with Crippen molar-refractivity contribution in [1.82, 2.24) is 0 Å². The highest BCUT2D eigenvalue weighted by Crippen LogP contribution is 2.23. The zero-order chi connectivity index (χ0) is 9.84. The number of rotatable bonds is 1. The van der Waals surface area contributed by atoms with Gasteiger partial charge in [-0.3, -0.25) is 0 Å². The first-order chi connectivity index (χ1) is 6.16. The predicted octanol–water partition coefficient (Wildman–Crippen LogP) is 1.79. The van der Waals surface area contributed by atoms with E-state index in [1.165, 1.54) is 7.11 Å². The highest BCUT2D eigenvalue weighted by molar-refractivity contribution is 6.33. The fraction of sp³-hybridized carbons (Fsp3) is 0.125. The number of para-hydroxylation sites is 1. The van der Waals surface area contributed by atoms with Crippen molar-refractivity contribution in [3.63, 3.8) is 0 Å². The topological polar surface area (TPSA) is 55.6 Å². The quantitative estimate of drug-likeness (QED) is 0.427. The van der Waals surface area contributed by atoms with E-state index in [1.807, 2.05) is 0 Å². The summed E-state index contributed by atoms with van der Waals surface area (Å²) in [6, 6.07) is 6.74. The summed E-state index contributed by atoms with van der Waals surface area (Å²) in [7, 11) is 1.25. The van der Waals surface area contributed by atoms with Crippen LogP contribution in [0.25, 0.3) is 0 Å². The Morgan fingerprint density at radius 1 is 1.54 bits per heavy atom. The van der Waals surface area contributed by atoms with Crippen LogP contribution in [-0.4, -0.2) is 13.2 Å². The lowest BCUT2D eigenvalue weighted by Crippen LogP contribution is -2.37. The van der Waals surface area contributed by atoms with Crippen LogP contribution in [0.15, 0.2) is 24.3 Å². The van der Waals surface area contributed by atoms with Crippen LogP contribution in [0, 0.1) is 0 Å². The second-order valence-corrected chi connectivity index (χ2v) is 2.70. The van der Waals surface area contributed by atoms with E-state index in [0.29, 0.717) is 10.7 Å². The molecule has 0 bridgehead atoms. The minimum absolute atomic E-state index is 0.399. The number of halogens is 1. The first kappa shape index (κ1) is 9.83. The number of anilines is 1. The molecule has 1 aromatic carbocycles. The maximum Gasteiger partial charge on any atom is 0.428 e. The second-order valence-electron chi connectivity index (χ2n) is 2.29. The molecular weight excluding hydrogens is 192 g/mol. The van der Waals surface area contributed by atoms with E-state index in [-0.39, 0.29) is 0 Å². The molecule has 0 saturated carbocycles. The minimum Gasteiger partial charge on any atom is -0.452 e. The van der Waals surface area contributed by atoms with E-state index in [4.69, 9.17) is 17.4 Å². The Hall–Kier alpha value is -1.26. The molecule has 4 nitrogen and oxygen atoms in total. The van der Waals surface area contributed by atoms with E-state index in [0.717, 1.165) is 5.01 Å². The van der Waals surface area contributed by atoms with Crippen LogP contribution in [0.5, 0.6) is 0 Å². The normalized spacial score (nSPS) is 9.46. The van der Waals surface area contributed by atoms with E-state index in [9.17, 15) is 4.79 Å². The number of hydrogen-bond acceptors (Lipinski definition) is 3. The number of hydrazine groups is 1. The number of nitrogens with zero attached hydrogens (tertiary/aromatic N) is 1. The SMILES string of the molecule is COC(=O)N(N)c1ccccc1Cl. The van der Waals surface area contributed by atoms with Crippen molar-refractivity contribution in [3.05, 3.63) is 29.3 Å². The number of hydrogen-bond donors (Lipinski definition) is 1. The maximum absolute atomic E-state index is 11.0. The number of carbonyl (C=O) groups is 1. The fourth-order valence-electron chi connectivity index (χ4n) is 0.844. The van der Waals surface area contributed by atoms with Crippen molar-refractivity contribution in [2.45, 2.75) is 0 Å². The number of benzene rings is 1. The summed E-state index contributed by atoms with van der Waals surface area (Å²) in [4.78, 5) is 11.0. The molecule has 1 aromatic rings. The molecule has 0 aliphatic heterocycles. The number of ether oxygens (including phenoxy) is 1. The number of methoxy groups -OCH3 is 1. The third-order valence-corrected chi connectivity index (χ3v) is 1.80. The van der Waals surface area contributed by atoms with Crippen LogP contribution in [0.4, 0.5) is 10.5 Å². The van der Waals surface area contributed by atoms with Gasteiger partial charge < -0.3 is 4.74 Å². The van der Waals surface area contributed by atoms with Crippen molar-refractivity contribution >= 4 is 23.4 Å². The Morgan fingerprint density at radius 3 is 2.69 bits per heavy atom. The van der Waals surface area contributed by atoms with Gasteiger partial charge in [0.15, 0.2) is 0 Å². The third kappa shape index (κ3) is 2.11. The zero-order valence-electron chi connectivity index (χ0n) is 7.03. The van der Waals surface area contributed by atoms with Crippen molar-refractivity contribution in [1.29, 1.82) is 0 Å². The number of nitrogens with two attached hydrogens (primary N) is 1. The average Bonchev–Trinajstić information content (AvgIpc) is 2.16. The van der Waals surface area contributed by atoms with E-state index >= 15 is 0 Å². The summed E-state index contributed by atoms with van der Waals surface area (Å²) >= 11 is 5.79. The van der Waals surface area contributed by atoms with Gasteiger partial charge in [0.2, 0.25) is 0 Å². The molecular formula is C8H9ClN2O2. The summed E-state index contributed by atoms with van der Waals surface area (Å²) in [5, 5.41) is 1.25. The minimum atomic E-state index is -0.659. The molecule has 0 heterocycles. The van der Waals surface area contributed by atoms with Crippen molar-refractivity contribution in [3.8, 4) is 0 Å². The van der Waals surface area contributed by atoms with Crippen molar-refractivity contribution in [2.24, 2.45) is 5.84 Å². The lowest BCUT2D eigenvalue weighted by Gasteiger charge is -2.15. The van der Waals surface area contributed by atoms with Crippen molar-refractivity contribution in [2.75, 3.05) is 12.1 Å². The van der Waals surface area contributed by atoms with Crippen LogP contribution in [0.2, 0.25) is 5.02 Å². The Morgan fingerprint density at radius 2 is 2.15 bits per heavy atom. The average molecular weight is 201 g/mol. The summed E-state index contributed by atoms with van der Waals surface area (Å²) < 4.78 is 4.42. The largest absolute Gasteiger partial charge is 0.452 e. The highest BCUT2D eigenvalue weighted by Gasteiger charge is 2.13. The first-order valence-corrected chi connectivity index (χ1v) is 3.92. The Kier molecular flexibility index (Phi) is 3.11. The predicted molar refractivity (Wildman–Crippen MR) is 50.5 cm³/mol. The molecule has 0 spiro atoms. The molecule has 2 N–H and O–H groups in total. The zero-order valence-corrected chi connectivity index (χ0v) is 7.78. The molecule has 1 amide bonds. The highest BCUT2D eigenvalue weighted by atomic mass is 35.5. The summed E-state index contributed by atoms with van der Waals surface area (Å²) in [5.41, 5.74) is 0.413. The van der Waals surface area contributed by atoms with Gasteiger partial charge in [-0.05, 0) is 12.1 Å². The van der Waals surface area contributed by atoms with Gasteiger partial charge in [-0.15, -0.1) is 0 Å². The summed E-state index contributed by atoms with van der Waals surface area (Å²) in [5.74, 6) is 5.42. The van der Waals surface area contributed by atoms with Crippen LogP contribution >= 0.6 is 11.6 Å².